The molecule has 0 radical (unpaired) electrons. The van der Waals surface area contributed by atoms with Crippen LogP contribution in [0.25, 0.3) is 0 Å². The van der Waals surface area contributed by atoms with Crippen molar-refractivity contribution in [1.82, 2.24) is 34.7 Å². The summed E-state index contributed by atoms with van der Waals surface area (Å²) in [5, 5.41) is 7.51. The Morgan fingerprint density at radius 2 is 1.48 bits per heavy atom. The van der Waals surface area contributed by atoms with Crippen LogP contribution in [0.2, 0.25) is 0 Å². The highest BCUT2D eigenvalue weighted by atomic mass is 19.3. The Labute approximate surface area is 358 Å². The van der Waals surface area contributed by atoms with Crippen LogP contribution in [0.5, 0.6) is 0 Å². The molecule has 1 atom stereocenters. The lowest BCUT2D eigenvalue weighted by Gasteiger charge is -2.34. The summed E-state index contributed by atoms with van der Waals surface area (Å²) >= 11 is 0. The smallest absolute Gasteiger partial charge is 0.264 e. The first-order chi connectivity index (χ1) is 29.9. The highest BCUT2D eigenvalue weighted by molar-refractivity contribution is 6.23. The molecule has 3 fully saturated rings. The fraction of sp³-hybridized carbons (Fsp3) is 0.543. The average molecular weight is 851 g/mol. The van der Waals surface area contributed by atoms with E-state index in [2.05, 4.69) is 21.0 Å². The van der Waals surface area contributed by atoms with E-state index >= 15 is 0 Å². The molecule has 1 saturated carbocycles. The van der Waals surface area contributed by atoms with Crippen molar-refractivity contribution in [3.8, 4) is 0 Å². The van der Waals surface area contributed by atoms with E-state index in [1.54, 1.807) is 25.1 Å². The number of piperidine rings is 2. The van der Waals surface area contributed by atoms with Crippen LogP contribution in [0.1, 0.15) is 149 Å². The molecule has 2 aromatic carbocycles. The zero-order chi connectivity index (χ0) is 43.0. The van der Waals surface area contributed by atoms with Gasteiger partial charge in [0.15, 0.2) is 5.82 Å². The number of carbonyl (C=O) groups is 6. The van der Waals surface area contributed by atoms with Crippen molar-refractivity contribution in [2.24, 2.45) is 0 Å². The number of alkyl halides is 2. The van der Waals surface area contributed by atoms with Gasteiger partial charge >= 0.3 is 0 Å². The monoisotopic (exact) mass is 850 g/mol. The number of amides is 6. The van der Waals surface area contributed by atoms with Gasteiger partial charge < -0.3 is 14.7 Å². The Bertz CT molecular complexity index is 2360. The maximum Gasteiger partial charge on any atom is 0.264 e. The molecule has 7 heterocycles. The number of anilines is 2. The van der Waals surface area contributed by atoms with Crippen molar-refractivity contribution in [2.45, 2.75) is 128 Å². The summed E-state index contributed by atoms with van der Waals surface area (Å²) in [5.74, 6) is -1.29. The number of fused-ring (bicyclic) bond motifs is 4. The number of benzene rings is 2. The number of aryl methyl sites for hydroxylation is 1. The third-order valence-electron chi connectivity index (χ3n) is 14.5. The summed E-state index contributed by atoms with van der Waals surface area (Å²) in [6.07, 6.45) is 6.45. The molecule has 16 heteroatoms. The van der Waals surface area contributed by atoms with Gasteiger partial charge in [-0.25, -0.2) is 8.78 Å². The normalized spacial score (nSPS) is 22.3. The summed E-state index contributed by atoms with van der Waals surface area (Å²) in [6.45, 7) is 5.32. The Hall–Kier alpha value is -5.51. The molecule has 1 unspecified atom stereocenters. The van der Waals surface area contributed by atoms with Crippen LogP contribution in [-0.2, 0) is 51.7 Å². The second-order valence-corrected chi connectivity index (χ2v) is 18.3. The van der Waals surface area contributed by atoms with Gasteiger partial charge in [-0.3, -0.25) is 48.6 Å². The minimum Gasteiger partial charge on any atom is -0.341 e. The van der Waals surface area contributed by atoms with E-state index in [4.69, 9.17) is 5.10 Å². The third-order valence-corrected chi connectivity index (χ3v) is 14.5. The van der Waals surface area contributed by atoms with Gasteiger partial charge in [0.25, 0.3) is 18.2 Å². The number of aromatic nitrogens is 2. The first kappa shape index (κ1) is 40.6. The molecule has 7 aliphatic rings. The van der Waals surface area contributed by atoms with Gasteiger partial charge in [0.1, 0.15) is 6.04 Å². The minimum atomic E-state index is -2.58. The first-order valence-electron chi connectivity index (χ1n) is 22.4. The molecule has 1 aromatic heterocycles. The number of nitrogens with one attached hydrogen (secondary N) is 1. The standard InChI is InChI=1S/C46H52F2N8O6/c1-26(57)53-17-13-37-36(24-53)43(54-14-5-8-28-18-32(27-6-3-2-4-7-27)33(42(47)48)21-39(28)54)50-56(37)31-11-15-52(16-12-31)41(59)25-51-22-29-19-34-35(20-30(29)23-51)46(62)55(45(34)61)38-9-10-40(58)49-44(38)60/h18-21,27,31,38,42H,2-17,22-25H2,1H3,(H,49,58,60). The van der Waals surface area contributed by atoms with E-state index in [1.165, 1.54) is 0 Å². The predicted molar refractivity (Wildman–Crippen MR) is 222 cm³/mol. The summed E-state index contributed by atoms with van der Waals surface area (Å²) in [6, 6.07) is 6.19. The fourth-order valence-electron chi connectivity index (χ4n) is 11.3. The largest absolute Gasteiger partial charge is 0.341 e. The minimum absolute atomic E-state index is 0.00683. The van der Waals surface area contributed by atoms with Crippen molar-refractivity contribution in [3.63, 3.8) is 0 Å². The van der Waals surface area contributed by atoms with E-state index in [0.29, 0.717) is 65.1 Å². The van der Waals surface area contributed by atoms with Gasteiger partial charge in [0.2, 0.25) is 23.6 Å². The van der Waals surface area contributed by atoms with Crippen LogP contribution in [0.4, 0.5) is 20.3 Å². The third kappa shape index (κ3) is 7.07. The molecule has 62 heavy (non-hydrogen) atoms. The second kappa shape index (κ2) is 16.0. The summed E-state index contributed by atoms with van der Waals surface area (Å²) in [7, 11) is 0. The zero-order valence-corrected chi connectivity index (χ0v) is 35.1. The van der Waals surface area contributed by atoms with Gasteiger partial charge in [-0.15, -0.1) is 0 Å². The van der Waals surface area contributed by atoms with Crippen LogP contribution in [0, 0.1) is 0 Å². The summed E-state index contributed by atoms with van der Waals surface area (Å²) in [5.41, 5.74) is 7.03. The maximum absolute atomic E-state index is 14.8. The van der Waals surface area contributed by atoms with Gasteiger partial charge in [-0.2, -0.15) is 5.10 Å². The van der Waals surface area contributed by atoms with Crippen LogP contribution in [0.15, 0.2) is 24.3 Å². The van der Waals surface area contributed by atoms with Gasteiger partial charge in [0, 0.05) is 81.5 Å². The van der Waals surface area contributed by atoms with E-state index in [1.807, 2.05) is 14.7 Å². The molecular formula is C46H52F2N8O6. The Morgan fingerprint density at radius 1 is 0.774 bits per heavy atom. The van der Waals surface area contributed by atoms with Crippen LogP contribution in [-0.4, -0.2) is 104 Å². The molecular weight excluding hydrogens is 799 g/mol. The van der Waals surface area contributed by atoms with E-state index in [9.17, 15) is 37.5 Å². The molecule has 0 bridgehead atoms. The van der Waals surface area contributed by atoms with Crippen molar-refractivity contribution >= 4 is 46.9 Å². The zero-order valence-electron chi connectivity index (χ0n) is 35.1. The SMILES string of the molecule is CC(=O)N1CCc2c(c(N3CCCc4cc(C5CCCCC5)c(C(F)F)cc43)nn2C2CCN(C(=O)CN3Cc4cc5c(cc4C3)C(=O)N(C3CCC(=O)NC3=O)C5=O)CC2)C1. The van der Waals surface area contributed by atoms with Gasteiger partial charge in [-0.05, 0) is 91.3 Å². The molecule has 6 amide bonds. The number of nitrogens with zero attached hydrogens (tertiary/aromatic N) is 7. The Balaban J connectivity index is 0.831. The Kier molecular flexibility index (Phi) is 10.5. The Morgan fingerprint density at radius 3 is 2.15 bits per heavy atom. The number of hydrogen-bond donors (Lipinski definition) is 1. The van der Waals surface area contributed by atoms with Gasteiger partial charge in [0.05, 0.1) is 30.3 Å². The lowest BCUT2D eigenvalue weighted by Crippen LogP contribution is -2.54. The van der Waals surface area contributed by atoms with Crippen molar-refractivity contribution in [1.29, 1.82) is 0 Å². The average Bonchev–Trinajstić information content (AvgIpc) is 3.92. The van der Waals surface area contributed by atoms with E-state index in [-0.39, 0.29) is 59.9 Å². The fourth-order valence-corrected chi connectivity index (χ4v) is 11.3. The number of hydrogen-bond acceptors (Lipinski definition) is 9. The highest BCUT2D eigenvalue weighted by Crippen LogP contribution is 2.45. The van der Waals surface area contributed by atoms with Gasteiger partial charge in [-0.1, -0.05) is 25.3 Å². The van der Waals surface area contributed by atoms with Crippen molar-refractivity contribution < 1.29 is 37.5 Å². The molecule has 6 aliphatic heterocycles. The molecule has 1 N–H and O–H groups in total. The molecule has 3 aromatic rings. The lowest BCUT2D eigenvalue weighted by atomic mass is 9.80. The van der Waals surface area contributed by atoms with Crippen molar-refractivity contribution in [2.75, 3.05) is 37.6 Å². The summed E-state index contributed by atoms with van der Waals surface area (Å²) < 4.78 is 31.7. The molecule has 2 saturated heterocycles. The van der Waals surface area contributed by atoms with Crippen LogP contribution >= 0.6 is 0 Å². The summed E-state index contributed by atoms with van der Waals surface area (Å²) in [4.78, 5) is 86.2. The number of rotatable bonds is 7. The number of carbonyl (C=O) groups excluding carboxylic acids is 6. The van der Waals surface area contributed by atoms with E-state index < -0.39 is 36.1 Å². The molecule has 1 aliphatic carbocycles. The number of likely N-dealkylation sites (tertiary alicyclic amines) is 1. The van der Waals surface area contributed by atoms with E-state index in [0.717, 1.165) is 94.9 Å². The number of imide groups is 2. The molecule has 10 rings (SSSR count). The lowest BCUT2D eigenvalue weighted by molar-refractivity contribution is -0.136. The topological polar surface area (TPSA) is 148 Å². The quantitative estimate of drug-likeness (QED) is 0.307. The molecule has 14 nitrogen and oxygen atoms in total. The first-order valence-corrected chi connectivity index (χ1v) is 22.4. The second-order valence-electron chi connectivity index (χ2n) is 18.3. The van der Waals surface area contributed by atoms with Crippen LogP contribution in [0.3, 0.4) is 0 Å². The molecule has 326 valence electrons. The maximum atomic E-state index is 14.8. The predicted octanol–water partition coefficient (Wildman–Crippen LogP) is 5.44. The highest BCUT2D eigenvalue weighted by Gasteiger charge is 2.46. The molecule has 0 spiro atoms. The van der Waals surface area contributed by atoms with Crippen molar-refractivity contribution in [3.05, 3.63) is 74.5 Å². The van der Waals surface area contributed by atoms with Crippen LogP contribution < -0.4 is 10.2 Å². The number of halogens is 2.